The van der Waals surface area contributed by atoms with Crippen LogP contribution in [-0.4, -0.2) is 31.8 Å². The number of hydrogen-bond donors (Lipinski definition) is 3. The summed E-state index contributed by atoms with van der Waals surface area (Å²) in [5.41, 5.74) is 1.89. The standard InChI is InChI=1S/C19H24FN3O3/c1-4-26-18-10-15(6-8-17(18)25-3)23-19(21-2)22-11-13-5-7-16(20)14(9-13)12-24/h5-10,24H,4,11-12H2,1-3H3,(H2,21,22,23). The van der Waals surface area contributed by atoms with E-state index in [0.717, 1.165) is 11.3 Å². The molecule has 0 saturated carbocycles. The molecule has 0 aliphatic rings. The molecule has 0 aliphatic carbocycles. The predicted molar refractivity (Wildman–Crippen MR) is 100 cm³/mol. The fourth-order valence-corrected chi connectivity index (χ4v) is 2.38. The Bertz CT molecular complexity index is 766. The molecular weight excluding hydrogens is 337 g/mol. The molecule has 2 aromatic rings. The fourth-order valence-electron chi connectivity index (χ4n) is 2.38. The minimum Gasteiger partial charge on any atom is -0.493 e. The van der Waals surface area contributed by atoms with Crippen molar-refractivity contribution >= 4 is 11.6 Å². The first kappa shape index (κ1) is 19.5. The molecule has 2 rings (SSSR count). The Morgan fingerprint density at radius 3 is 2.65 bits per heavy atom. The first-order valence-electron chi connectivity index (χ1n) is 8.28. The van der Waals surface area contributed by atoms with Gasteiger partial charge in [-0.1, -0.05) is 6.07 Å². The minimum atomic E-state index is -0.416. The van der Waals surface area contributed by atoms with E-state index in [0.29, 0.717) is 30.6 Å². The monoisotopic (exact) mass is 361 g/mol. The van der Waals surface area contributed by atoms with Gasteiger partial charge in [0.1, 0.15) is 5.82 Å². The third kappa shape index (κ3) is 5.10. The number of aliphatic hydroxyl groups excluding tert-OH is 1. The number of anilines is 1. The highest BCUT2D eigenvalue weighted by Gasteiger charge is 2.08. The van der Waals surface area contributed by atoms with E-state index in [1.54, 1.807) is 26.3 Å². The molecule has 0 heterocycles. The van der Waals surface area contributed by atoms with E-state index in [4.69, 9.17) is 14.6 Å². The SMILES string of the molecule is CCOc1cc(NC(=NC)NCc2ccc(F)c(CO)c2)ccc1OC. The van der Waals surface area contributed by atoms with Crippen molar-refractivity contribution in [3.05, 3.63) is 53.3 Å². The first-order valence-corrected chi connectivity index (χ1v) is 8.28. The first-order chi connectivity index (χ1) is 12.6. The number of aliphatic imine (C=N–C) groups is 1. The minimum absolute atomic E-state index is 0.267. The van der Waals surface area contributed by atoms with Crippen LogP contribution in [0, 0.1) is 5.82 Å². The second-order valence-electron chi connectivity index (χ2n) is 5.43. The van der Waals surface area contributed by atoms with Gasteiger partial charge in [0, 0.05) is 30.9 Å². The van der Waals surface area contributed by atoms with Crippen LogP contribution in [0.3, 0.4) is 0 Å². The largest absolute Gasteiger partial charge is 0.493 e. The molecule has 0 bridgehead atoms. The van der Waals surface area contributed by atoms with Crippen molar-refractivity contribution in [1.29, 1.82) is 0 Å². The van der Waals surface area contributed by atoms with Gasteiger partial charge in [0.15, 0.2) is 17.5 Å². The second-order valence-corrected chi connectivity index (χ2v) is 5.43. The summed E-state index contributed by atoms with van der Waals surface area (Å²) in [6, 6.07) is 10.1. The van der Waals surface area contributed by atoms with Crippen molar-refractivity contribution in [2.24, 2.45) is 4.99 Å². The Morgan fingerprint density at radius 1 is 1.19 bits per heavy atom. The van der Waals surface area contributed by atoms with Crippen LogP contribution in [0.1, 0.15) is 18.1 Å². The number of hydrogen-bond acceptors (Lipinski definition) is 4. The maximum Gasteiger partial charge on any atom is 0.195 e. The molecule has 0 amide bonds. The van der Waals surface area contributed by atoms with Crippen LogP contribution in [0.15, 0.2) is 41.4 Å². The lowest BCUT2D eigenvalue weighted by Gasteiger charge is -2.15. The molecular formula is C19H24FN3O3. The molecule has 3 N–H and O–H groups in total. The van der Waals surface area contributed by atoms with Crippen LogP contribution in [0.25, 0.3) is 0 Å². The van der Waals surface area contributed by atoms with Crippen molar-refractivity contribution < 1.29 is 19.0 Å². The van der Waals surface area contributed by atoms with E-state index < -0.39 is 5.82 Å². The van der Waals surface area contributed by atoms with Crippen molar-refractivity contribution in [1.82, 2.24) is 5.32 Å². The van der Waals surface area contributed by atoms with E-state index in [1.807, 2.05) is 25.1 Å². The second kappa shape index (κ2) is 9.62. The topological polar surface area (TPSA) is 75.1 Å². The molecule has 140 valence electrons. The lowest BCUT2D eigenvalue weighted by molar-refractivity contribution is 0.275. The van der Waals surface area contributed by atoms with Gasteiger partial charge >= 0.3 is 0 Å². The van der Waals surface area contributed by atoms with Crippen molar-refractivity contribution in [3.8, 4) is 11.5 Å². The van der Waals surface area contributed by atoms with Crippen LogP contribution in [-0.2, 0) is 13.2 Å². The third-order valence-electron chi connectivity index (χ3n) is 3.69. The average Bonchev–Trinajstić information content (AvgIpc) is 2.66. The maximum absolute atomic E-state index is 13.4. The van der Waals surface area contributed by atoms with Crippen LogP contribution in [0.4, 0.5) is 10.1 Å². The van der Waals surface area contributed by atoms with E-state index in [2.05, 4.69) is 15.6 Å². The molecule has 2 aromatic carbocycles. The van der Waals surface area contributed by atoms with Gasteiger partial charge in [-0.2, -0.15) is 0 Å². The van der Waals surface area contributed by atoms with E-state index in [-0.39, 0.29) is 12.2 Å². The Hall–Kier alpha value is -2.80. The Kier molecular flexibility index (Phi) is 7.23. The maximum atomic E-state index is 13.4. The molecule has 7 heteroatoms. The van der Waals surface area contributed by atoms with Gasteiger partial charge in [-0.05, 0) is 36.8 Å². The van der Waals surface area contributed by atoms with E-state index >= 15 is 0 Å². The number of methoxy groups -OCH3 is 1. The van der Waals surface area contributed by atoms with Gasteiger partial charge in [-0.15, -0.1) is 0 Å². The lowest BCUT2D eigenvalue weighted by Crippen LogP contribution is -2.30. The summed E-state index contributed by atoms with van der Waals surface area (Å²) in [7, 11) is 3.25. The number of nitrogens with one attached hydrogen (secondary N) is 2. The van der Waals surface area contributed by atoms with Crippen LogP contribution >= 0.6 is 0 Å². The summed E-state index contributed by atoms with van der Waals surface area (Å²) in [5, 5.41) is 15.5. The molecule has 0 unspecified atom stereocenters. The summed E-state index contributed by atoms with van der Waals surface area (Å²) >= 11 is 0. The van der Waals surface area contributed by atoms with Gasteiger partial charge in [-0.3, -0.25) is 4.99 Å². The number of halogens is 1. The smallest absolute Gasteiger partial charge is 0.195 e. The normalized spacial score (nSPS) is 11.2. The van der Waals surface area contributed by atoms with E-state index in [1.165, 1.54) is 6.07 Å². The molecule has 0 aliphatic heterocycles. The molecule has 6 nitrogen and oxygen atoms in total. The highest BCUT2D eigenvalue weighted by atomic mass is 19.1. The number of benzene rings is 2. The zero-order chi connectivity index (χ0) is 18.9. The number of ether oxygens (including phenoxy) is 2. The fraction of sp³-hybridized carbons (Fsp3) is 0.316. The molecule has 0 saturated heterocycles. The van der Waals surface area contributed by atoms with Crippen molar-refractivity contribution in [2.75, 3.05) is 26.1 Å². The number of aliphatic hydroxyl groups is 1. The summed E-state index contributed by atoms with van der Waals surface area (Å²) < 4.78 is 24.3. The average molecular weight is 361 g/mol. The summed E-state index contributed by atoms with van der Waals surface area (Å²) in [5.74, 6) is 1.43. The molecule has 0 aromatic heterocycles. The summed E-state index contributed by atoms with van der Waals surface area (Å²) in [6.07, 6.45) is 0. The summed E-state index contributed by atoms with van der Waals surface area (Å²) in [6.45, 7) is 2.54. The Morgan fingerprint density at radius 2 is 2.00 bits per heavy atom. The van der Waals surface area contributed by atoms with Crippen molar-refractivity contribution in [3.63, 3.8) is 0 Å². The lowest BCUT2D eigenvalue weighted by atomic mass is 10.1. The molecule has 0 radical (unpaired) electrons. The highest BCUT2D eigenvalue weighted by molar-refractivity contribution is 5.93. The quantitative estimate of drug-likeness (QED) is 0.522. The number of nitrogens with zero attached hydrogens (tertiary/aromatic N) is 1. The summed E-state index contributed by atoms with van der Waals surface area (Å²) in [4.78, 5) is 4.18. The van der Waals surface area contributed by atoms with Gasteiger partial charge in [0.25, 0.3) is 0 Å². The van der Waals surface area contributed by atoms with Gasteiger partial charge in [-0.25, -0.2) is 4.39 Å². The predicted octanol–water partition coefficient (Wildman–Crippen LogP) is 2.91. The van der Waals surface area contributed by atoms with Crippen molar-refractivity contribution in [2.45, 2.75) is 20.1 Å². The van der Waals surface area contributed by atoms with Gasteiger partial charge in [0.2, 0.25) is 0 Å². The Balaban J connectivity index is 2.04. The van der Waals surface area contributed by atoms with Crippen LogP contribution in [0.2, 0.25) is 0 Å². The third-order valence-corrected chi connectivity index (χ3v) is 3.69. The van der Waals surface area contributed by atoms with Crippen LogP contribution < -0.4 is 20.1 Å². The van der Waals surface area contributed by atoms with Gasteiger partial charge < -0.3 is 25.2 Å². The zero-order valence-corrected chi connectivity index (χ0v) is 15.2. The van der Waals surface area contributed by atoms with E-state index in [9.17, 15) is 4.39 Å². The zero-order valence-electron chi connectivity index (χ0n) is 15.2. The Labute approximate surface area is 152 Å². The number of guanidine groups is 1. The molecule has 0 atom stereocenters. The highest BCUT2D eigenvalue weighted by Crippen LogP contribution is 2.30. The number of rotatable bonds is 7. The molecule has 0 spiro atoms. The van der Waals surface area contributed by atoms with Crippen LogP contribution in [0.5, 0.6) is 11.5 Å². The molecule has 26 heavy (non-hydrogen) atoms. The van der Waals surface area contributed by atoms with Gasteiger partial charge in [0.05, 0.1) is 20.3 Å². The molecule has 0 fully saturated rings.